The molecule has 1 unspecified atom stereocenters. The maximum absolute atomic E-state index is 14.2. The van der Waals surface area contributed by atoms with Crippen LogP contribution >= 0.6 is 39.9 Å². The fourth-order valence-electron chi connectivity index (χ4n) is 2.13. The molecule has 19 heavy (non-hydrogen) atoms. The first-order chi connectivity index (χ1) is 8.93. The molecule has 6 heteroatoms. The number of nitrogens with two attached hydrogens (primary N) is 1. The molecule has 104 valence electrons. The molecular weight excluding hydrogens is 347 g/mol. The zero-order chi connectivity index (χ0) is 14.0. The zero-order valence-electron chi connectivity index (χ0n) is 10.6. The average molecular weight is 363 g/mol. The smallest absolute Gasteiger partial charge is 0.161 e. The molecule has 2 rings (SSSR count). The molecular formula is C13H16BrFN2S2. The van der Waals surface area contributed by atoms with E-state index in [2.05, 4.69) is 28.2 Å². The monoisotopic (exact) mass is 362 g/mol. The molecule has 1 atom stereocenters. The van der Waals surface area contributed by atoms with E-state index in [4.69, 9.17) is 18.0 Å². The number of rotatable bonds is 4. The Bertz CT molecular complexity index is 502. The first-order valence-corrected chi connectivity index (χ1v) is 8.27. The van der Waals surface area contributed by atoms with Crippen LogP contribution in [0.25, 0.3) is 0 Å². The summed E-state index contributed by atoms with van der Waals surface area (Å²) in [6, 6.07) is 3.43. The molecule has 1 fully saturated rings. The molecule has 1 heterocycles. The molecule has 1 saturated heterocycles. The molecule has 0 saturated carbocycles. The van der Waals surface area contributed by atoms with E-state index in [1.54, 1.807) is 12.1 Å². The van der Waals surface area contributed by atoms with E-state index < -0.39 is 0 Å². The molecule has 1 aromatic rings. The predicted molar refractivity (Wildman–Crippen MR) is 88.6 cm³/mol. The predicted octanol–water partition coefficient (Wildman–Crippen LogP) is 3.92. The van der Waals surface area contributed by atoms with Gasteiger partial charge in [0, 0.05) is 16.9 Å². The lowest BCUT2D eigenvalue weighted by molar-refractivity contribution is 0.610. The zero-order valence-corrected chi connectivity index (χ0v) is 13.9. The quantitative estimate of drug-likeness (QED) is 0.796. The molecule has 0 aliphatic carbocycles. The number of anilines is 1. The summed E-state index contributed by atoms with van der Waals surface area (Å²) in [5.74, 6) is 0.849. The Morgan fingerprint density at radius 1 is 1.63 bits per heavy atom. The summed E-state index contributed by atoms with van der Waals surface area (Å²) in [6.07, 6.45) is 2.40. The fraction of sp³-hybridized carbons (Fsp3) is 0.462. The van der Waals surface area contributed by atoms with Crippen molar-refractivity contribution in [2.75, 3.05) is 17.6 Å². The van der Waals surface area contributed by atoms with Gasteiger partial charge in [0.1, 0.15) is 4.99 Å². The fourth-order valence-corrected chi connectivity index (χ4v) is 4.24. The highest BCUT2D eigenvalue weighted by Gasteiger charge is 2.29. The van der Waals surface area contributed by atoms with Crippen LogP contribution in [0.2, 0.25) is 0 Å². The third-order valence-corrected chi connectivity index (χ3v) is 5.83. The van der Waals surface area contributed by atoms with Gasteiger partial charge in [-0.1, -0.05) is 12.2 Å². The minimum Gasteiger partial charge on any atom is -0.389 e. The Kier molecular flexibility index (Phi) is 4.74. The van der Waals surface area contributed by atoms with Crippen LogP contribution in [0.15, 0.2) is 16.6 Å². The largest absolute Gasteiger partial charge is 0.389 e. The molecule has 0 aromatic heterocycles. The number of hydrogen-bond donors (Lipinski definition) is 2. The van der Waals surface area contributed by atoms with Gasteiger partial charge in [-0.25, -0.2) is 4.39 Å². The van der Waals surface area contributed by atoms with Crippen LogP contribution in [0, 0.1) is 5.82 Å². The number of benzene rings is 1. The van der Waals surface area contributed by atoms with Gasteiger partial charge in [-0.15, -0.1) is 0 Å². The number of nitrogens with one attached hydrogen (secondary N) is 1. The van der Waals surface area contributed by atoms with Crippen molar-refractivity contribution >= 4 is 50.6 Å². The summed E-state index contributed by atoms with van der Waals surface area (Å²) in [6.45, 7) is 2.97. The SMILES string of the molecule is CC1(CNc2ccc(C(N)=S)c(Br)c2F)CCCS1. The molecule has 1 aliphatic heterocycles. The van der Waals surface area contributed by atoms with Crippen molar-refractivity contribution in [3.8, 4) is 0 Å². The van der Waals surface area contributed by atoms with Crippen molar-refractivity contribution in [3.63, 3.8) is 0 Å². The third-order valence-electron chi connectivity index (χ3n) is 3.30. The van der Waals surface area contributed by atoms with Crippen molar-refractivity contribution in [1.82, 2.24) is 0 Å². The summed E-state index contributed by atoms with van der Waals surface area (Å²) in [7, 11) is 0. The van der Waals surface area contributed by atoms with Crippen LogP contribution in [0.4, 0.5) is 10.1 Å². The van der Waals surface area contributed by atoms with E-state index in [9.17, 15) is 4.39 Å². The molecule has 1 aliphatic rings. The lowest BCUT2D eigenvalue weighted by atomic mass is 10.1. The van der Waals surface area contributed by atoms with E-state index in [0.29, 0.717) is 15.7 Å². The Morgan fingerprint density at radius 3 is 2.95 bits per heavy atom. The highest BCUT2D eigenvalue weighted by molar-refractivity contribution is 9.10. The lowest BCUT2D eigenvalue weighted by Crippen LogP contribution is -2.27. The second kappa shape index (κ2) is 5.97. The van der Waals surface area contributed by atoms with Crippen molar-refractivity contribution < 1.29 is 4.39 Å². The highest BCUT2D eigenvalue weighted by atomic mass is 79.9. The van der Waals surface area contributed by atoms with Gasteiger partial charge in [-0.05, 0) is 53.6 Å². The van der Waals surface area contributed by atoms with E-state index in [1.165, 1.54) is 18.6 Å². The lowest BCUT2D eigenvalue weighted by Gasteiger charge is -2.24. The average Bonchev–Trinajstić information content (AvgIpc) is 2.78. The van der Waals surface area contributed by atoms with Gasteiger partial charge < -0.3 is 11.1 Å². The van der Waals surface area contributed by atoms with Crippen molar-refractivity contribution in [2.24, 2.45) is 5.73 Å². The Hall–Kier alpha value is -0.330. The van der Waals surface area contributed by atoms with E-state index >= 15 is 0 Å². The van der Waals surface area contributed by atoms with Gasteiger partial charge in [-0.3, -0.25) is 0 Å². The molecule has 2 nitrogen and oxygen atoms in total. The van der Waals surface area contributed by atoms with Gasteiger partial charge in [0.25, 0.3) is 0 Å². The Labute approximate surface area is 130 Å². The number of halogens is 2. The van der Waals surface area contributed by atoms with Crippen LogP contribution in [0.3, 0.4) is 0 Å². The number of thiocarbonyl (C=S) groups is 1. The molecule has 3 N–H and O–H groups in total. The maximum atomic E-state index is 14.2. The van der Waals surface area contributed by atoms with Crippen LogP contribution in [0.5, 0.6) is 0 Å². The molecule has 1 aromatic carbocycles. The van der Waals surface area contributed by atoms with Gasteiger partial charge in [0.15, 0.2) is 5.82 Å². The van der Waals surface area contributed by atoms with Crippen molar-refractivity contribution in [2.45, 2.75) is 24.5 Å². The minimum atomic E-state index is -0.336. The van der Waals surface area contributed by atoms with Crippen molar-refractivity contribution in [1.29, 1.82) is 0 Å². The van der Waals surface area contributed by atoms with Crippen LogP contribution in [-0.2, 0) is 0 Å². The highest BCUT2D eigenvalue weighted by Crippen LogP contribution is 2.38. The van der Waals surface area contributed by atoms with Crippen LogP contribution in [-0.4, -0.2) is 22.0 Å². The second-order valence-electron chi connectivity index (χ2n) is 4.91. The third kappa shape index (κ3) is 3.41. The van der Waals surface area contributed by atoms with E-state index in [-0.39, 0.29) is 15.6 Å². The van der Waals surface area contributed by atoms with Gasteiger partial charge in [-0.2, -0.15) is 11.8 Å². The summed E-state index contributed by atoms with van der Waals surface area (Å²) in [5, 5.41) is 3.19. The first kappa shape index (κ1) is 15.1. The molecule has 0 radical (unpaired) electrons. The van der Waals surface area contributed by atoms with E-state index in [1.807, 2.05) is 11.8 Å². The van der Waals surface area contributed by atoms with E-state index in [0.717, 1.165) is 6.54 Å². The second-order valence-corrected chi connectivity index (χ2v) is 7.82. The molecule has 0 spiro atoms. The maximum Gasteiger partial charge on any atom is 0.161 e. The van der Waals surface area contributed by atoms with Crippen LogP contribution < -0.4 is 11.1 Å². The molecule has 0 amide bonds. The number of thioether (sulfide) groups is 1. The van der Waals surface area contributed by atoms with Crippen LogP contribution in [0.1, 0.15) is 25.3 Å². The first-order valence-electron chi connectivity index (χ1n) is 6.08. The van der Waals surface area contributed by atoms with Crippen molar-refractivity contribution in [3.05, 3.63) is 28.0 Å². The van der Waals surface area contributed by atoms with Gasteiger partial charge in [0.2, 0.25) is 0 Å². The normalized spacial score (nSPS) is 22.5. The summed E-state index contributed by atoms with van der Waals surface area (Å²) in [4.78, 5) is 0.190. The molecule has 0 bridgehead atoms. The summed E-state index contributed by atoms with van der Waals surface area (Å²) in [5.41, 5.74) is 6.55. The number of hydrogen-bond acceptors (Lipinski definition) is 3. The van der Waals surface area contributed by atoms with Gasteiger partial charge in [0.05, 0.1) is 10.2 Å². The summed E-state index contributed by atoms with van der Waals surface area (Å²) < 4.78 is 14.7. The minimum absolute atomic E-state index is 0.190. The Balaban J connectivity index is 2.13. The Morgan fingerprint density at radius 2 is 2.37 bits per heavy atom. The standard InChI is InChI=1S/C13H16BrFN2S2/c1-13(5-2-6-19-13)7-17-9-4-3-8(12(16)18)10(14)11(9)15/h3-4,17H,2,5-7H2,1H3,(H2,16,18). The summed E-state index contributed by atoms with van der Waals surface area (Å²) >= 11 is 10.0. The van der Waals surface area contributed by atoms with Gasteiger partial charge >= 0.3 is 0 Å². The topological polar surface area (TPSA) is 38.0 Å².